The van der Waals surface area contributed by atoms with Crippen LogP contribution in [0.4, 0.5) is 11.8 Å². The van der Waals surface area contributed by atoms with E-state index in [9.17, 15) is 0 Å². The van der Waals surface area contributed by atoms with Gasteiger partial charge in [-0.15, -0.1) is 15.3 Å². The average Bonchev–Trinajstić information content (AvgIpc) is 3.40. The minimum absolute atomic E-state index is 0.392. The van der Waals surface area contributed by atoms with Crippen LogP contribution in [0.3, 0.4) is 0 Å². The average molecular weight is 350 g/mol. The number of nitrogens with zero attached hydrogens (tertiary/aromatic N) is 8. The summed E-state index contributed by atoms with van der Waals surface area (Å²) in [6.07, 6.45) is 7.17. The summed E-state index contributed by atoms with van der Waals surface area (Å²) < 4.78 is 1.91. The number of fused-ring (bicyclic) bond motifs is 1. The van der Waals surface area contributed by atoms with Crippen molar-refractivity contribution in [1.29, 1.82) is 0 Å². The molecule has 1 saturated carbocycles. The lowest BCUT2D eigenvalue weighted by Gasteiger charge is -2.44. The summed E-state index contributed by atoms with van der Waals surface area (Å²) in [7, 11) is 2.06. The molecule has 0 N–H and O–H groups in total. The molecule has 26 heavy (non-hydrogen) atoms. The summed E-state index contributed by atoms with van der Waals surface area (Å²) in [6, 6.07) is 4.43. The van der Waals surface area contributed by atoms with E-state index in [0.29, 0.717) is 12.0 Å². The van der Waals surface area contributed by atoms with Gasteiger partial charge in [0.15, 0.2) is 11.5 Å². The highest BCUT2D eigenvalue weighted by Crippen LogP contribution is 2.38. The lowest BCUT2D eigenvalue weighted by Crippen LogP contribution is -2.59. The third-order valence-corrected chi connectivity index (χ3v) is 5.36. The maximum Gasteiger partial charge on any atom is 0.225 e. The van der Waals surface area contributed by atoms with Crippen LogP contribution in [0.15, 0.2) is 24.5 Å². The highest BCUT2D eigenvalue weighted by molar-refractivity contribution is 5.50. The van der Waals surface area contributed by atoms with Gasteiger partial charge in [0.2, 0.25) is 5.95 Å². The molecule has 1 aliphatic carbocycles. The molecule has 3 aromatic rings. The summed E-state index contributed by atoms with van der Waals surface area (Å²) >= 11 is 0. The molecule has 0 amide bonds. The highest BCUT2D eigenvalue weighted by atomic mass is 15.4. The van der Waals surface area contributed by atoms with Gasteiger partial charge >= 0.3 is 0 Å². The van der Waals surface area contributed by atoms with Gasteiger partial charge in [-0.3, -0.25) is 0 Å². The Labute approximate surface area is 151 Å². The topological polar surface area (TPSA) is 75.3 Å². The zero-order valence-electron chi connectivity index (χ0n) is 15.1. The van der Waals surface area contributed by atoms with Gasteiger partial charge in [-0.25, -0.2) is 9.97 Å². The summed E-state index contributed by atoms with van der Waals surface area (Å²) in [4.78, 5) is 13.4. The van der Waals surface area contributed by atoms with Crippen LogP contribution in [0.25, 0.3) is 5.65 Å². The Balaban J connectivity index is 1.29. The molecule has 8 heteroatoms. The Hall–Kier alpha value is -2.77. The maximum atomic E-state index is 4.78. The molecule has 0 spiro atoms. The van der Waals surface area contributed by atoms with E-state index in [-0.39, 0.29) is 0 Å². The van der Waals surface area contributed by atoms with E-state index in [1.54, 1.807) is 0 Å². The Kier molecular flexibility index (Phi) is 3.51. The van der Waals surface area contributed by atoms with E-state index in [4.69, 9.17) is 5.10 Å². The van der Waals surface area contributed by atoms with Crippen molar-refractivity contribution in [2.75, 3.05) is 29.9 Å². The molecule has 0 atom stereocenters. The zero-order chi connectivity index (χ0) is 17.7. The Morgan fingerprint density at radius 1 is 1.12 bits per heavy atom. The minimum Gasteiger partial charge on any atom is -0.351 e. The first-order chi connectivity index (χ1) is 12.7. The highest BCUT2D eigenvalue weighted by Gasteiger charge is 2.33. The third-order valence-electron chi connectivity index (χ3n) is 5.36. The summed E-state index contributed by atoms with van der Waals surface area (Å²) in [6.45, 7) is 3.93. The molecule has 2 fully saturated rings. The van der Waals surface area contributed by atoms with Gasteiger partial charge < -0.3 is 9.80 Å². The monoisotopic (exact) mass is 350 g/mol. The fourth-order valence-electron chi connectivity index (χ4n) is 3.32. The van der Waals surface area contributed by atoms with Gasteiger partial charge in [-0.1, -0.05) is 6.92 Å². The number of aryl methyl sites for hydroxylation is 1. The van der Waals surface area contributed by atoms with Gasteiger partial charge in [-0.2, -0.15) is 4.52 Å². The molecule has 3 aromatic heterocycles. The number of anilines is 2. The molecule has 1 saturated heterocycles. The largest absolute Gasteiger partial charge is 0.351 e. The number of hydrogen-bond donors (Lipinski definition) is 0. The standard InChI is InChI=1S/C18H22N8/c1-3-12-8-19-18(20-9-12)24(2)14-10-25(11-14)16-7-6-15-21-22-17(13-4-5-13)26(15)23-16/h6-9,13-14H,3-5,10-11H2,1-2H3. The van der Waals surface area contributed by atoms with Crippen molar-refractivity contribution >= 4 is 17.4 Å². The molecule has 5 rings (SSSR count). The molecule has 1 aliphatic heterocycles. The summed E-state index contributed by atoms with van der Waals surface area (Å²) in [5, 5.41) is 13.3. The fraction of sp³-hybridized carbons (Fsp3) is 0.500. The second kappa shape index (κ2) is 5.89. The van der Waals surface area contributed by atoms with E-state index >= 15 is 0 Å². The van der Waals surface area contributed by atoms with Crippen LogP contribution in [0.5, 0.6) is 0 Å². The van der Waals surface area contributed by atoms with Crippen LogP contribution in [0, 0.1) is 0 Å². The SMILES string of the molecule is CCc1cnc(N(C)C2CN(c3ccc4nnc(C5CC5)n4n3)C2)nc1. The lowest BCUT2D eigenvalue weighted by atomic mass is 10.1. The van der Waals surface area contributed by atoms with Crippen molar-refractivity contribution in [1.82, 2.24) is 29.8 Å². The van der Waals surface area contributed by atoms with Crippen LogP contribution >= 0.6 is 0 Å². The van der Waals surface area contributed by atoms with Crippen molar-refractivity contribution < 1.29 is 0 Å². The van der Waals surface area contributed by atoms with Crippen LogP contribution in [-0.2, 0) is 6.42 Å². The smallest absolute Gasteiger partial charge is 0.225 e. The van der Waals surface area contributed by atoms with Crippen molar-refractivity contribution in [3.8, 4) is 0 Å². The molecule has 0 bridgehead atoms. The maximum absolute atomic E-state index is 4.78. The van der Waals surface area contributed by atoms with Crippen molar-refractivity contribution in [3.63, 3.8) is 0 Å². The Morgan fingerprint density at radius 2 is 1.88 bits per heavy atom. The van der Waals surface area contributed by atoms with Crippen LogP contribution in [0.2, 0.25) is 0 Å². The Bertz CT molecular complexity index is 924. The lowest BCUT2D eigenvalue weighted by molar-refractivity contribution is 0.483. The second-order valence-corrected chi connectivity index (χ2v) is 7.21. The van der Waals surface area contributed by atoms with Gasteiger partial charge in [0.1, 0.15) is 5.82 Å². The first-order valence-electron chi connectivity index (χ1n) is 9.24. The molecular weight excluding hydrogens is 328 g/mol. The van der Waals surface area contributed by atoms with Crippen molar-refractivity contribution in [3.05, 3.63) is 35.9 Å². The molecule has 0 unspecified atom stereocenters. The van der Waals surface area contributed by atoms with Crippen molar-refractivity contribution in [2.24, 2.45) is 0 Å². The predicted octanol–water partition coefficient (Wildman–Crippen LogP) is 1.68. The number of rotatable bonds is 5. The zero-order valence-corrected chi connectivity index (χ0v) is 15.1. The van der Waals surface area contributed by atoms with Crippen LogP contribution in [0.1, 0.15) is 37.1 Å². The number of likely N-dealkylation sites (N-methyl/N-ethyl adjacent to an activating group) is 1. The van der Waals surface area contributed by atoms with Crippen molar-refractivity contribution in [2.45, 2.75) is 38.1 Å². The molecule has 2 aliphatic rings. The second-order valence-electron chi connectivity index (χ2n) is 7.21. The third kappa shape index (κ3) is 2.56. The van der Waals surface area contributed by atoms with E-state index in [2.05, 4.69) is 43.9 Å². The van der Waals surface area contributed by atoms with E-state index in [0.717, 1.165) is 48.3 Å². The van der Waals surface area contributed by atoms with Crippen LogP contribution in [-0.4, -0.2) is 56.0 Å². The van der Waals surface area contributed by atoms with Gasteiger partial charge in [0.25, 0.3) is 0 Å². The fourth-order valence-corrected chi connectivity index (χ4v) is 3.32. The Morgan fingerprint density at radius 3 is 2.58 bits per heavy atom. The molecule has 134 valence electrons. The minimum atomic E-state index is 0.392. The number of aromatic nitrogens is 6. The van der Waals surface area contributed by atoms with E-state index < -0.39 is 0 Å². The van der Waals surface area contributed by atoms with Gasteiger partial charge in [-0.05, 0) is 37.0 Å². The molecular formula is C18H22N8. The van der Waals surface area contributed by atoms with E-state index in [1.807, 2.05) is 29.0 Å². The number of hydrogen-bond acceptors (Lipinski definition) is 7. The molecule has 0 aromatic carbocycles. The quantitative estimate of drug-likeness (QED) is 0.693. The normalized spacial score (nSPS) is 17.5. The first-order valence-corrected chi connectivity index (χ1v) is 9.24. The summed E-state index contributed by atoms with van der Waals surface area (Å²) in [5.41, 5.74) is 1.99. The van der Waals surface area contributed by atoms with Crippen LogP contribution < -0.4 is 9.80 Å². The molecule has 4 heterocycles. The predicted molar refractivity (Wildman–Crippen MR) is 98.6 cm³/mol. The van der Waals surface area contributed by atoms with E-state index in [1.165, 1.54) is 12.8 Å². The molecule has 8 nitrogen and oxygen atoms in total. The van der Waals surface area contributed by atoms with Gasteiger partial charge in [0, 0.05) is 38.4 Å². The molecule has 0 radical (unpaired) electrons. The first kappa shape index (κ1) is 15.5. The van der Waals surface area contributed by atoms with Gasteiger partial charge in [0.05, 0.1) is 6.04 Å². The summed E-state index contributed by atoms with van der Waals surface area (Å²) in [5.74, 6) is 3.29.